The number of carbonyl (C=O) groups is 2. The lowest BCUT2D eigenvalue weighted by Gasteiger charge is -2.28. The average molecular weight is 1210 g/mol. The zero-order valence-corrected chi connectivity index (χ0v) is 55.8. The highest BCUT2D eigenvalue weighted by Gasteiger charge is 2.22. The van der Waals surface area contributed by atoms with Crippen molar-refractivity contribution < 1.29 is 42.1 Å². The number of nitrogens with zero attached hydrogens (tertiary/aromatic N) is 1. The Bertz CT molecular complexity index is 2100. The third-order valence-electron chi connectivity index (χ3n) is 13.4. The molecule has 0 spiro atoms. The summed E-state index contributed by atoms with van der Waals surface area (Å²) < 4.78 is 34.2. The molecule has 2 unspecified atom stereocenters. The van der Waals surface area contributed by atoms with Gasteiger partial charge in [0.25, 0.3) is 7.82 Å². The van der Waals surface area contributed by atoms with E-state index in [0.29, 0.717) is 23.9 Å². The fraction of sp³-hybridized carbons (Fsp3) is 0.579. The SMILES string of the molecule is CC/C=C\C/C=C\C/C=C\C/C=C\C/C=C\C/C=C\C/C=C\C/C=C\C/C=C\C/C=C\CCCCCCCCCCCCC(=O)OC(COC(=O)CCCCCCC/C=C\C/C=C\C/C=C\C/C=C\C/C=C\CC)COP(=O)([O-])OCC[N+](C)(C)C. The minimum absolute atomic E-state index is 0.0448. The van der Waals surface area contributed by atoms with Crippen LogP contribution in [0.25, 0.3) is 0 Å². The Morgan fingerprint density at radius 1 is 0.360 bits per heavy atom. The Labute approximate surface area is 527 Å². The summed E-state index contributed by atoms with van der Waals surface area (Å²) in [4.78, 5) is 38.0. The van der Waals surface area contributed by atoms with Gasteiger partial charge in [0.1, 0.15) is 19.8 Å². The zero-order valence-electron chi connectivity index (χ0n) is 54.9. The van der Waals surface area contributed by atoms with Gasteiger partial charge in [0.15, 0.2) is 6.10 Å². The molecule has 484 valence electrons. The topological polar surface area (TPSA) is 111 Å². The van der Waals surface area contributed by atoms with Crippen molar-refractivity contribution in [3.05, 3.63) is 182 Å². The van der Waals surface area contributed by atoms with Crippen molar-refractivity contribution in [2.45, 2.75) is 238 Å². The fourth-order valence-corrected chi connectivity index (χ4v) is 9.09. The van der Waals surface area contributed by atoms with E-state index in [1.807, 2.05) is 21.1 Å². The summed E-state index contributed by atoms with van der Waals surface area (Å²) in [6, 6.07) is 0. The molecule has 0 aromatic rings. The molecule has 0 aliphatic rings. The summed E-state index contributed by atoms with van der Waals surface area (Å²) in [6.45, 7) is 3.96. The van der Waals surface area contributed by atoms with Gasteiger partial charge in [-0.15, -0.1) is 0 Å². The molecule has 0 aliphatic carbocycles. The second kappa shape index (κ2) is 64.6. The molecule has 0 aromatic carbocycles. The van der Waals surface area contributed by atoms with E-state index >= 15 is 0 Å². The summed E-state index contributed by atoms with van der Waals surface area (Å²) in [5, 5.41) is 0. The highest BCUT2D eigenvalue weighted by molar-refractivity contribution is 7.45. The highest BCUT2D eigenvalue weighted by atomic mass is 31.2. The molecule has 10 heteroatoms. The molecular formula is C76H122NO8P. The van der Waals surface area contributed by atoms with Gasteiger partial charge in [0.05, 0.1) is 27.7 Å². The third-order valence-corrected chi connectivity index (χ3v) is 14.4. The van der Waals surface area contributed by atoms with Crippen LogP contribution >= 0.6 is 7.82 Å². The fourth-order valence-electron chi connectivity index (χ4n) is 8.36. The number of phosphoric acid groups is 1. The molecule has 2 atom stereocenters. The summed E-state index contributed by atoms with van der Waals surface area (Å²) in [6.07, 6.45) is 99.6. The van der Waals surface area contributed by atoms with Crippen LogP contribution in [0.15, 0.2) is 182 Å². The van der Waals surface area contributed by atoms with E-state index in [1.165, 1.54) is 38.5 Å². The van der Waals surface area contributed by atoms with Crippen LogP contribution in [0.4, 0.5) is 0 Å². The number of quaternary nitrogens is 1. The quantitative estimate of drug-likeness (QED) is 0.0195. The van der Waals surface area contributed by atoms with Crippen LogP contribution in [0.2, 0.25) is 0 Å². The first-order chi connectivity index (χ1) is 42.0. The zero-order chi connectivity index (χ0) is 62.6. The van der Waals surface area contributed by atoms with Crippen LogP contribution in [0, 0.1) is 0 Å². The van der Waals surface area contributed by atoms with E-state index in [2.05, 4.69) is 196 Å². The lowest BCUT2D eigenvalue weighted by Crippen LogP contribution is -2.37. The van der Waals surface area contributed by atoms with Crippen molar-refractivity contribution in [3.63, 3.8) is 0 Å². The standard InChI is InChI=1S/C76H122NO8P/c1-6-8-10-12-14-16-18-20-22-24-26-28-29-30-31-32-33-34-35-36-37-38-39-40-41-42-43-44-45-46-47-49-51-53-55-57-59-61-63-65-67-69-76(79)85-74(73-84-86(80,81)83-71-70-77(3,4)5)72-82-75(78)68-66-64-62-60-58-56-54-52-50-48-27-25-23-21-19-17-15-13-11-9-7-2/h8-11,14-17,20-23,26-28,30-31,33-34,36-37,39-40,42-43,45-46,48,52,54,74H,6-7,12-13,18-19,24-25,29,32,35,38,41,44,47,49-51,53,55-73H2,1-5H3/b10-8-,11-9-,16-14-,17-15-,22-20-,23-21-,28-26-,31-30-,34-33-,37-36-,40-39-,43-42-,46-45-,48-27-,54-52-. The Morgan fingerprint density at radius 2 is 0.628 bits per heavy atom. The molecule has 0 fully saturated rings. The molecule has 0 heterocycles. The Morgan fingerprint density at radius 3 is 0.930 bits per heavy atom. The predicted molar refractivity (Wildman–Crippen MR) is 369 cm³/mol. The number of carbonyl (C=O) groups excluding carboxylic acids is 2. The monoisotopic (exact) mass is 1210 g/mol. The molecule has 0 rings (SSSR count). The van der Waals surface area contributed by atoms with E-state index in [9.17, 15) is 19.0 Å². The molecule has 0 N–H and O–H groups in total. The Hall–Kier alpha value is -4.89. The van der Waals surface area contributed by atoms with Gasteiger partial charge in [0, 0.05) is 12.8 Å². The van der Waals surface area contributed by atoms with Gasteiger partial charge in [0.2, 0.25) is 0 Å². The maximum Gasteiger partial charge on any atom is 0.306 e. The molecule has 0 amide bonds. The molecular weight excluding hydrogens is 1090 g/mol. The molecule has 0 saturated carbocycles. The number of allylic oxidation sites excluding steroid dienone is 30. The highest BCUT2D eigenvalue weighted by Crippen LogP contribution is 2.38. The van der Waals surface area contributed by atoms with E-state index in [-0.39, 0.29) is 26.1 Å². The predicted octanol–water partition coefficient (Wildman–Crippen LogP) is 21.3. The molecule has 0 bridgehead atoms. The lowest BCUT2D eigenvalue weighted by molar-refractivity contribution is -0.870. The second-order valence-electron chi connectivity index (χ2n) is 22.7. The van der Waals surface area contributed by atoms with Crippen LogP contribution in [-0.2, 0) is 32.7 Å². The first kappa shape index (κ1) is 81.1. The minimum atomic E-state index is -4.66. The molecule has 0 aromatic heterocycles. The van der Waals surface area contributed by atoms with Crippen LogP contribution in [0.3, 0.4) is 0 Å². The average Bonchev–Trinajstić information content (AvgIpc) is 3.70. The second-order valence-corrected chi connectivity index (χ2v) is 24.1. The van der Waals surface area contributed by atoms with Crippen molar-refractivity contribution in [2.75, 3.05) is 47.5 Å². The number of likely N-dealkylation sites (N-methyl/N-ethyl adjacent to an activating group) is 1. The van der Waals surface area contributed by atoms with Gasteiger partial charge in [-0.3, -0.25) is 14.2 Å². The first-order valence-electron chi connectivity index (χ1n) is 33.5. The van der Waals surface area contributed by atoms with Gasteiger partial charge in [-0.1, -0.05) is 267 Å². The van der Waals surface area contributed by atoms with Crippen molar-refractivity contribution >= 4 is 19.8 Å². The molecule has 86 heavy (non-hydrogen) atoms. The van der Waals surface area contributed by atoms with Crippen molar-refractivity contribution in [3.8, 4) is 0 Å². The summed E-state index contributed by atoms with van der Waals surface area (Å²) >= 11 is 0. The van der Waals surface area contributed by atoms with Crippen molar-refractivity contribution in [2.24, 2.45) is 0 Å². The van der Waals surface area contributed by atoms with E-state index in [0.717, 1.165) is 154 Å². The minimum Gasteiger partial charge on any atom is -0.756 e. The number of hydrogen-bond acceptors (Lipinski definition) is 8. The number of esters is 2. The molecule has 0 aliphatic heterocycles. The van der Waals surface area contributed by atoms with Crippen LogP contribution < -0.4 is 4.89 Å². The summed E-state index contributed by atoms with van der Waals surface area (Å²) in [7, 11) is 1.13. The maximum atomic E-state index is 12.8. The Kier molecular flexibility index (Phi) is 60.9. The van der Waals surface area contributed by atoms with Crippen LogP contribution in [0.5, 0.6) is 0 Å². The van der Waals surface area contributed by atoms with E-state index in [1.54, 1.807) is 0 Å². The molecule has 0 radical (unpaired) electrons. The van der Waals surface area contributed by atoms with Crippen molar-refractivity contribution in [1.82, 2.24) is 0 Å². The van der Waals surface area contributed by atoms with Gasteiger partial charge in [-0.25, -0.2) is 0 Å². The summed E-state index contributed by atoms with van der Waals surface area (Å²) in [5.41, 5.74) is 0. The van der Waals surface area contributed by atoms with Crippen LogP contribution in [0.1, 0.15) is 232 Å². The Balaban J connectivity index is 4.14. The number of phosphoric ester groups is 1. The van der Waals surface area contributed by atoms with Gasteiger partial charge in [-0.2, -0.15) is 0 Å². The van der Waals surface area contributed by atoms with Crippen LogP contribution in [-0.4, -0.2) is 70.0 Å². The lowest BCUT2D eigenvalue weighted by atomic mass is 10.0. The maximum absolute atomic E-state index is 12.8. The van der Waals surface area contributed by atoms with E-state index < -0.39 is 32.5 Å². The molecule has 9 nitrogen and oxygen atoms in total. The number of rotatable bonds is 59. The number of hydrogen-bond donors (Lipinski definition) is 0. The van der Waals surface area contributed by atoms with Gasteiger partial charge < -0.3 is 27.9 Å². The first-order valence-corrected chi connectivity index (χ1v) is 35.0. The largest absolute Gasteiger partial charge is 0.756 e. The smallest absolute Gasteiger partial charge is 0.306 e. The van der Waals surface area contributed by atoms with Crippen molar-refractivity contribution in [1.29, 1.82) is 0 Å². The normalized spacial score (nSPS) is 14.3. The summed E-state index contributed by atoms with van der Waals surface area (Å²) in [5.74, 6) is -0.873. The third kappa shape index (κ3) is 68.2. The number of ether oxygens (including phenoxy) is 2. The number of unbranched alkanes of at least 4 members (excludes halogenated alkanes) is 15. The molecule has 0 saturated heterocycles. The van der Waals surface area contributed by atoms with E-state index in [4.69, 9.17) is 18.5 Å². The van der Waals surface area contributed by atoms with Gasteiger partial charge in [-0.05, 0) is 135 Å². The van der Waals surface area contributed by atoms with Gasteiger partial charge >= 0.3 is 11.9 Å².